The highest BCUT2D eigenvalue weighted by Crippen LogP contribution is 2.27. The van der Waals surface area contributed by atoms with E-state index >= 15 is 0 Å². The largest absolute Gasteiger partial charge is 0.497 e. The van der Waals surface area contributed by atoms with Crippen LogP contribution in [0.4, 0.5) is 5.69 Å². The van der Waals surface area contributed by atoms with Crippen molar-refractivity contribution in [3.8, 4) is 17.6 Å². The van der Waals surface area contributed by atoms with Crippen molar-refractivity contribution in [2.45, 2.75) is 20.3 Å². The first-order valence-electron chi connectivity index (χ1n) is 8.48. The number of amides is 1. The molecule has 2 aromatic carbocycles. The third-order valence-corrected chi connectivity index (χ3v) is 4.18. The summed E-state index contributed by atoms with van der Waals surface area (Å²) >= 11 is 6.08. The van der Waals surface area contributed by atoms with E-state index in [-0.39, 0.29) is 5.57 Å². The van der Waals surface area contributed by atoms with E-state index in [1.807, 2.05) is 19.9 Å². The lowest BCUT2D eigenvalue weighted by Crippen LogP contribution is -2.13. The van der Waals surface area contributed by atoms with Gasteiger partial charge < -0.3 is 14.8 Å². The Hall–Kier alpha value is -2.97. The van der Waals surface area contributed by atoms with Gasteiger partial charge in [0.25, 0.3) is 5.91 Å². The number of hydrogen-bond acceptors (Lipinski definition) is 4. The van der Waals surface area contributed by atoms with Crippen LogP contribution in [0.15, 0.2) is 42.0 Å². The summed E-state index contributed by atoms with van der Waals surface area (Å²) in [6.45, 7) is 4.39. The fourth-order valence-corrected chi connectivity index (χ4v) is 2.45. The summed E-state index contributed by atoms with van der Waals surface area (Å²) < 4.78 is 10.9. The molecule has 0 bridgehead atoms. The number of nitrogens with one attached hydrogen (secondary N) is 1. The van der Waals surface area contributed by atoms with Crippen LogP contribution >= 0.6 is 11.6 Å². The number of aryl methyl sites for hydroxylation is 1. The van der Waals surface area contributed by atoms with Crippen molar-refractivity contribution < 1.29 is 14.3 Å². The first kappa shape index (κ1) is 20.3. The average Bonchev–Trinajstić information content (AvgIpc) is 2.67. The van der Waals surface area contributed by atoms with Crippen LogP contribution in [0.1, 0.15) is 24.5 Å². The highest BCUT2D eigenvalue weighted by Gasteiger charge is 2.13. The molecule has 6 heteroatoms. The van der Waals surface area contributed by atoms with Crippen molar-refractivity contribution in [2.75, 3.05) is 19.0 Å². The Labute approximate surface area is 164 Å². The molecule has 0 fully saturated rings. The second-order valence-corrected chi connectivity index (χ2v) is 6.25. The maximum Gasteiger partial charge on any atom is 0.266 e. The molecule has 0 aliphatic heterocycles. The zero-order valence-electron chi connectivity index (χ0n) is 15.5. The molecule has 2 aromatic rings. The zero-order chi connectivity index (χ0) is 19.8. The molecule has 0 aliphatic carbocycles. The van der Waals surface area contributed by atoms with Crippen molar-refractivity contribution in [2.24, 2.45) is 0 Å². The number of rotatable bonds is 7. The fourth-order valence-electron chi connectivity index (χ4n) is 2.27. The molecule has 0 heterocycles. The quantitative estimate of drug-likeness (QED) is 0.539. The Morgan fingerprint density at radius 2 is 2.07 bits per heavy atom. The van der Waals surface area contributed by atoms with E-state index in [1.54, 1.807) is 43.5 Å². The topological polar surface area (TPSA) is 71.3 Å². The number of nitrogens with zero attached hydrogens (tertiary/aromatic N) is 1. The summed E-state index contributed by atoms with van der Waals surface area (Å²) in [5, 5.41) is 12.7. The molecule has 0 saturated carbocycles. The number of hydrogen-bond donors (Lipinski definition) is 1. The summed E-state index contributed by atoms with van der Waals surface area (Å²) in [6, 6.07) is 12.3. The minimum absolute atomic E-state index is 0.0433. The summed E-state index contributed by atoms with van der Waals surface area (Å²) in [5.41, 5.74) is 2.01. The Kier molecular flexibility index (Phi) is 7.27. The van der Waals surface area contributed by atoms with Gasteiger partial charge in [0.2, 0.25) is 0 Å². The van der Waals surface area contributed by atoms with Crippen LogP contribution < -0.4 is 14.8 Å². The first-order chi connectivity index (χ1) is 13.0. The Morgan fingerprint density at radius 1 is 1.30 bits per heavy atom. The van der Waals surface area contributed by atoms with Crippen molar-refractivity contribution in [1.29, 1.82) is 5.26 Å². The average molecular weight is 385 g/mol. The molecule has 2 rings (SSSR count). The highest BCUT2D eigenvalue weighted by molar-refractivity contribution is 6.31. The minimum atomic E-state index is -0.519. The van der Waals surface area contributed by atoms with Crippen molar-refractivity contribution in [3.05, 3.63) is 58.1 Å². The van der Waals surface area contributed by atoms with Gasteiger partial charge in [-0.1, -0.05) is 24.6 Å². The maximum absolute atomic E-state index is 12.5. The third-order valence-electron chi connectivity index (χ3n) is 3.78. The minimum Gasteiger partial charge on any atom is -0.497 e. The van der Waals surface area contributed by atoms with Crippen LogP contribution in [0.3, 0.4) is 0 Å². The van der Waals surface area contributed by atoms with E-state index in [9.17, 15) is 10.1 Å². The molecule has 0 aliphatic rings. The van der Waals surface area contributed by atoms with E-state index in [2.05, 4.69) is 5.32 Å². The first-order valence-corrected chi connectivity index (χ1v) is 8.86. The molecule has 1 amide bonds. The second-order valence-electron chi connectivity index (χ2n) is 5.84. The summed E-state index contributed by atoms with van der Waals surface area (Å²) in [4.78, 5) is 12.5. The normalized spacial score (nSPS) is 10.9. The van der Waals surface area contributed by atoms with Crippen molar-refractivity contribution >= 4 is 29.3 Å². The molecule has 27 heavy (non-hydrogen) atoms. The molecule has 0 aromatic heterocycles. The molecule has 0 unspecified atom stereocenters. The number of anilines is 1. The van der Waals surface area contributed by atoms with Gasteiger partial charge in [-0.2, -0.15) is 5.26 Å². The van der Waals surface area contributed by atoms with Gasteiger partial charge in [-0.3, -0.25) is 4.79 Å². The SMILES string of the molecule is CCCOc1cc(OC)ccc1/C=C(\C#N)C(=O)Nc1ccc(C)c(Cl)c1. The number of benzene rings is 2. The molecule has 5 nitrogen and oxygen atoms in total. The van der Waals surface area contributed by atoms with Crippen molar-refractivity contribution in [3.63, 3.8) is 0 Å². The Bertz CT molecular complexity index is 901. The van der Waals surface area contributed by atoms with Gasteiger partial charge in [0.15, 0.2) is 0 Å². The molecule has 0 atom stereocenters. The van der Waals surface area contributed by atoms with Crippen LogP contribution in [0.25, 0.3) is 6.08 Å². The van der Waals surface area contributed by atoms with Gasteiger partial charge in [-0.15, -0.1) is 0 Å². The summed E-state index contributed by atoms with van der Waals surface area (Å²) in [5.74, 6) is 0.667. The van der Waals surface area contributed by atoms with Crippen LogP contribution in [0, 0.1) is 18.3 Å². The fraction of sp³-hybridized carbons (Fsp3) is 0.238. The number of carbonyl (C=O) groups excluding carboxylic acids is 1. The lowest BCUT2D eigenvalue weighted by molar-refractivity contribution is -0.112. The molecule has 0 radical (unpaired) electrons. The number of carbonyl (C=O) groups is 1. The van der Waals surface area contributed by atoms with Crippen molar-refractivity contribution in [1.82, 2.24) is 0 Å². The predicted octanol–water partition coefficient (Wildman–Crippen LogP) is 4.99. The maximum atomic E-state index is 12.5. The van der Waals surface area contributed by atoms with Gasteiger partial charge >= 0.3 is 0 Å². The lowest BCUT2D eigenvalue weighted by Gasteiger charge is -2.11. The predicted molar refractivity (Wildman–Crippen MR) is 107 cm³/mol. The lowest BCUT2D eigenvalue weighted by atomic mass is 10.1. The van der Waals surface area contributed by atoms with Gasteiger partial charge in [-0.05, 0) is 49.2 Å². The number of halogens is 1. The van der Waals surface area contributed by atoms with Gasteiger partial charge in [0.05, 0.1) is 13.7 Å². The molecule has 0 saturated heterocycles. The molecular formula is C21H21ClN2O3. The monoisotopic (exact) mass is 384 g/mol. The Morgan fingerprint density at radius 3 is 2.70 bits per heavy atom. The Balaban J connectivity index is 2.29. The molecule has 140 valence electrons. The van der Waals surface area contributed by atoms with E-state index in [0.717, 1.165) is 12.0 Å². The zero-order valence-corrected chi connectivity index (χ0v) is 16.3. The van der Waals surface area contributed by atoms with E-state index in [4.69, 9.17) is 21.1 Å². The van der Waals surface area contributed by atoms with E-state index in [0.29, 0.717) is 34.4 Å². The summed E-state index contributed by atoms with van der Waals surface area (Å²) in [6.07, 6.45) is 2.33. The number of nitriles is 1. The molecule has 1 N–H and O–H groups in total. The molecular weight excluding hydrogens is 364 g/mol. The van der Waals surface area contributed by atoms with Crippen LogP contribution in [0.2, 0.25) is 5.02 Å². The number of methoxy groups -OCH3 is 1. The second kappa shape index (κ2) is 9.65. The molecule has 0 spiro atoms. The smallest absolute Gasteiger partial charge is 0.266 e. The van der Waals surface area contributed by atoms with E-state index < -0.39 is 5.91 Å². The van der Waals surface area contributed by atoms with Crippen LogP contribution in [-0.4, -0.2) is 19.6 Å². The van der Waals surface area contributed by atoms with Gasteiger partial charge in [-0.25, -0.2) is 0 Å². The van der Waals surface area contributed by atoms with Gasteiger partial charge in [0, 0.05) is 22.3 Å². The summed E-state index contributed by atoms with van der Waals surface area (Å²) in [7, 11) is 1.56. The van der Waals surface area contributed by atoms with Crippen LogP contribution in [0.5, 0.6) is 11.5 Å². The number of ether oxygens (including phenoxy) is 2. The van der Waals surface area contributed by atoms with Crippen LogP contribution in [-0.2, 0) is 4.79 Å². The highest BCUT2D eigenvalue weighted by atomic mass is 35.5. The van der Waals surface area contributed by atoms with Gasteiger partial charge in [0.1, 0.15) is 23.1 Å². The standard InChI is InChI=1S/C21H21ClN2O3/c1-4-9-27-20-12-18(26-3)8-6-15(20)10-16(13-23)21(25)24-17-7-5-14(2)19(22)11-17/h5-8,10-12H,4,9H2,1-3H3,(H,24,25)/b16-10+. The van der Waals surface area contributed by atoms with E-state index in [1.165, 1.54) is 6.08 Å². The third kappa shape index (κ3) is 5.50.